The molecule has 0 spiro atoms. The number of nitrogens with zero attached hydrogens (tertiary/aromatic N) is 2. The van der Waals surface area contributed by atoms with Crippen LogP contribution in [-0.4, -0.2) is 57.7 Å². The molecular weight excluding hydrogens is 442 g/mol. The van der Waals surface area contributed by atoms with Crippen LogP contribution in [0.2, 0.25) is 0 Å². The second kappa shape index (κ2) is 9.60. The number of methoxy groups -OCH3 is 1. The second-order valence-corrected chi connectivity index (χ2v) is 11.2. The van der Waals surface area contributed by atoms with Crippen LogP contribution < -0.4 is 4.72 Å². The third-order valence-corrected chi connectivity index (χ3v) is 8.85. The quantitative estimate of drug-likeness (QED) is 0.556. The number of pyridine rings is 1. The average molecular weight is 470 g/mol. The van der Waals surface area contributed by atoms with Gasteiger partial charge in [-0.3, -0.25) is 9.78 Å². The molecule has 9 nitrogen and oxygen atoms in total. The molecule has 3 rings (SSSR count). The van der Waals surface area contributed by atoms with E-state index in [2.05, 4.69) is 9.71 Å². The van der Waals surface area contributed by atoms with Gasteiger partial charge in [0.1, 0.15) is 5.88 Å². The van der Waals surface area contributed by atoms with Crippen molar-refractivity contribution in [3.8, 4) is 0 Å². The Kier molecular flexibility index (Phi) is 7.30. The van der Waals surface area contributed by atoms with Gasteiger partial charge in [0.2, 0.25) is 20.0 Å². The lowest BCUT2D eigenvalue weighted by molar-refractivity contribution is -0.147. The van der Waals surface area contributed by atoms with Crippen LogP contribution in [0.5, 0.6) is 0 Å². The fourth-order valence-corrected chi connectivity index (χ4v) is 7.43. The van der Waals surface area contributed by atoms with Crippen molar-refractivity contribution in [2.45, 2.75) is 43.5 Å². The van der Waals surface area contributed by atoms with Crippen molar-refractivity contribution >= 4 is 36.8 Å². The molecule has 11 heteroatoms. The number of rotatable bonds is 9. The van der Waals surface area contributed by atoms with E-state index in [0.29, 0.717) is 36.5 Å². The Balaban J connectivity index is 1.82. The van der Waals surface area contributed by atoms with Crippen molar-refractivity contribution in [2.75, 3.05) is 19.5 Å². The predicted molar refractivity (Wildman–Crippen MR) is 116 cm³/mol. The van der Waals surface area contributed by atoms with E-state index in [1.807, 2.05) is 6.92 Å². The maximum absolute atomic E-state index is 13.0. The number of hydrogen-bond donors (Lipinski definition) is 1. The van der Waals surface area contributed by atoms with Gasteiger partial charge >= 0.3 is 5.97 Å². The summed E-state index contributed by atoms with van der Waals surface area (Å²) in [4.78, 5) is 16.2. The van der Waals surface area contributed by atoms with E-state index < -0.39 is 43.9 Å². The summed E-state index contributed by atoms with van der Waals surface area (Å²) in [6.07, 6.45) is 5.35. The Morgan fingerprint density at radius 1 is 1.29 bits per heavy atom. The Morgan fingerprint density at radius 3 is 2.77 bits per heavy atom. The summed E-state index contributed by atoms with van der Waals surface area (Å²) in [5.41, 5.74) is 0. The van der Waals surface area contributed by atoms with Crippen molar-refractivity contribution in [3.63, 3.8) is 0 Å². The van der Waals surface area contributed by atoms with Gasteiger partial charge in [-0.1, -0.05) is 25.5 Å². The number of benzene rings is 1. The van der Waals surface area contributed by atoms with Crippen molar-refractivity contribution in [2.24, 2.45) is 5.92 Å². The van der Waals surface area contributed by atoms with E-state index >= 15 is 0 Å². The zero-order valence-corrected chi connectivity index (χ0v) is 19.2. The first-order valence-electron chi connectivity index (χ1n) is 10.1. The lowest BCUT2D eigenvalue weighted by atomic mass is 9.94. The van der Waals surface area contributed by atoms with Crippen LogP contribution in [-0.2, 0) is 29.6 Å². The molecule has 0 saturated carbocycles. The molecule has 1 aliphatic rings. The summed E-state index contributed by atoms with van der Waals surface area (Å²) in [5, 5.41) is 1.09. The number of fused-ring (bicyclic) bond motifs is 1. The lowest BCUT2D eigenvalue weighted by Gasteiger charge is -2.29. The summed E-state index contributed by atoms with van der Waals surface area (Å²) < 4.78 is 60.2. The highest BCUT2D eigenvalue weighted by molar-refractivity contribution is 7.92. The Labute approximate surface area is 182 Å². The van der Waals surface area contributed by atoms with Crippen LogP contribution in [0.25, 0.3) is 10.8 Å². The molecule has 2 unspecified atom stereocenters. The van der Waals surface area contributed by atoms with Gasteiger partial charge in [0.05, 0.1) is 17.9 Å². The Bertz CT molecular complexity index is 1150. The van der Waals surface area contributed by atoms with Gasteiger partial charge in [-0.2, -0.15) is 9.03 Å². The second-order valence-electron chi connectivity index (χ2n) is 7.50. The van der Waals surface area contributed by atoms with E-state index in [1.54, 1.807) is 24.4 Å². The Morgan fingerprint density at radius 2 is 2.06 bits per heavy atom. The van der Waals surface area contributed by atoms with Crippen LogP contribution >= 0.6 is 0 Å². The average Bonchev–Trinajstić information content (AvgIpc) is 3.26. The zero-order valence-electron chi connectivity index (χ0n) is 17.5. The molecular formula is C20H27N3O6S2. The van der Waals surface area contributed by atoms with Gasteiger partial charge in [-0.05, 0) is 31.4 Å². The van der Waals surface area contributed by atoms with Crippen LogP contribution in [0, 0.1) is 5.92 Å². The van der Waals surface area contributed by atoms with E-state index in [4.69, 9.17) is 4.74 Å². The molecule has 2 heterocycles. The molecule has 1 aliphatic heterocycles. The molecule has 0 amide bonds. The smallest absolute Gasteiger partial charge is 0.310 e. The van der Waals surface area contributed by atoms with E-state index in [-0.39, 0.29) is 11.4 Å². The summed E-state index contributed by atoms with van der Waals surface area (Å²) in [5.74, 6) is -1.80. The van der Waals surface area contributed by atoms with Crippen molar-refractivity contribution in [3.05, 3.63) is 36.7 Å². The zero-order chi connectivity index (χ0) is 22.6. The highest BCUT2D eigenvalue weighted by Gasteiger charge is 2.42. The van der Waals surface area contributed by atoms with Crippen LogP contribution in [0.4, 0.5) is 0 Å². The Hall–Kier alpha value is -2.08. The van der Waals surface area contributed by atoms with E-state index in [1.165, 1.54) is 23.7 Å². The van der Waals surface area contributed by atoms with Gasteiger partial charge in [-0.25, -0.2) is 16.8 Å². The standard InChI is InChI=1S/C20H27N3O6S2/c1-3-6-17(20(24)29-2)18-8-5-12-23(18)30(25,26)14-22-31(27,28)19-9-4-7-15-13-21-11-10-16(15)19/h4,7,9-11,13,17-18,22H,3,5-6,8,12,14H2,1-2H3. The first-order chi connectivity index (χ1) is 14.7. The summed E-state index contributed by atoms with van der Waals surface area (Å²) >= 11 is 0. The number of carbonyl (C=O) groups is 1. The number of hydrogen-bond acceptors (Lipinski definition) is 7. The molecule has 0 radical (unpaired) electrons. The van der Waals surface area contributed by atoms with Crippen molar-refractivity contribution < 1.29 is 26.4 Å². The lowest BCUT2D eigenvalue weighted by Crippen LogP contribution is -2.46. The molecule has 2 atom stereocenters. The van der Waals surface area contributed by atoms with Gasteiger partial charge in [-0.15, -0.1) is 0 Å². The number of ether oxygens (including phenoxy) is 1. The highest BCUT2D eigenvalue weighted by atomic mass is 32.2. The topological polar surface area (TPSA) is 123 Å². The SMILES string of the molecule is CCCC(C(=O)OC)C1CCCN1S(=O)(=O)CNS(=O)(=O)c1cccc2cnccc12. The van der Waals surface area contributed by atoms with Crippen LogP contribution in [0.3, 0.4) is 0 Å². The van der Waals surface area contributed by atoms with Gasteiger partial charge in [0.15, 0.2) is 0 Å². The molecule has 1 N–H and O–H groups in total. The normalized spacial score (nSPS) is 18.8. The third kappa shape index (κ3) is 5.05. The fourth-order valence-electron chi connectivity index (χ4n) is 4.08. The largest absolute Gasteiger partial charge is 0.469 e. The number of esters is 1. The summed E-state index contributed by atoms with van der Waals surface area (Å²) in [6.45, 7) is 2.16. The molecule has 170 valence electrons. The maximum Gasteiger partial charge on any atom is 0.310 e. The van der Waals surface area contributed by atoms with Crippen molar-refractivity contribution in [1.29, 1.82) is 0 Å². The number of aromatic nitrogens is 1. The minimum Gasteiger partial charge on any atom is -0.469 e. The van der Waals surface area contributed by atoms with Crippen molar-refractivity contribution in [1.82, 2.24) is 14.0 Å². The van der Waals surface area contributed by atoms with Crippen LogP contribution in [0.15, 0.2) is 41.6 Å². The third-order valence-electron chi connectivity index (χ3n) is 5.54. The van der Waals surface area contributed by atoms with Gasteiger partial charge in [0, 0.05) is 35.8 Å². The molecule has 1 aromatic heterocycles. The number of sulfonamides is 2. The first-order valence-corrected chi connectivity index (χ1v) is 13.2. The number of nitrogens with one attached hydrogen (secondary N) is 1. The molecule has 2 aromatic rings. The molecule has 0 bridgehead atoms. The molecule has 0 aliphatic carbocycles. The first kappa shape index (κ1) is 23.6. The summed E-state index contributed by atoms with van der Waals surface area (Å²) in [7, 11) is -6.80. The maximum atomic E-state index is 13.0. The molecule has 31 heavy (non-hydrogen) atoms. The van der Waals surface area contributed by atoms with Crippen LogP contribution in [0.1, 0.15) is 32.6 Å². The van der Waals surface area contributed by atoms with Gasteiger partial charge in [0.25, 0.3) is 0 Å². The highest BCUT2D eigenvalue weighted by Crippen LogP contribution is 2.30. The predicted octanol–water partition coefficient (Wildman–Crippen LogP) is 1.85. The minimum absolute atomic E-state index is 0.0148. The fraction of sp³-hybridized carbons (Fsp3) is 0.500. The minimum atomic E-state index is -4.09. The summed E-state index contributed by atoms with van der Waals surface area (Å²) in [6, 6.07) is 5.76. The molecule has 1 aromatic carbocycles. The molecule has 1 fully saturated rings. The van der Waals surface area contributed by atoms with E-state index in [0.717, 1.165) is 0 Å². The monoisotopic (exact) mass is 469 g/mol. The van der Waals surface area contributed by atoms with E-state index in [9.17, 15) is 21.6 Å². The van der Waals surface area contributed by atoms with Gasteiger partial charge < -0.3 is 4.74 Å². The number of carbonyl (C=O) groups excluding carboxylic acids is 1. The molecule has 1 saturated heterocycles.